The molecule has 11 nitrogen and oxygen atoms in total. The van der Waals surface area contributed by atoms with Gasteiger partial charge in [-0.05, 0) is 101 Å². The lowest BCUT2D eigenvalue weighted by atomic mass is 9.98. The van der Waals surface area contributed by atoms with Gasteiger partial charge in [-0.15, -0.1) is 0 Å². The predicted molar refractivity (Wildman–Crippen MR) is 225 cm³/mol. The molecule has 0 bridgehead atoms. The number of fused-ring (bicyclic) bond motifs is 2. The number of amides is 1. The Hall–Kier alpha value is -5.10. The summed E-state index contributed by atoms with van der Waals surface area (Å²) in [4.78, 5) is 19.4. The molecular formula is C43H48Cl2N8O3. The van der Waals surface area contributed by atoms with Crippen molar-refractivity contribution >= 4 is 57.1 Å². The Labute approximate surface area is 337 Å². The number of carbonyl (C=O) groups is 1. The molecule has 0 spiro atoms. The first-order chi connectivity index (χ1) is 26.9. The molecule has 7 aromatic rings. The molecule has 0 N–H and O–H groups in total. The fourth-order valence-corrected chi connectivity index (χ4v) is 8.30. The molecule has 3 aromatic carbocycles. The number of carbonyl (C=O) groups excluding carboxylic acids is 1. The Bertz CT molecular complexity index is 2560. The van der Waals surface area contributed by atoms with Crippen LogP contribution in [-0.2, 0) is 43.1 Å². The van der Waals surface area contributed by atoms with Crippen LogP contribution < -0.4 is 9.64 Å². The largest absolute Gasteiger partial charge is 0.494 e. The van der Waals surface area contributed by atoms with Crippen molar-refractivity contribution in [2.24, 2.45) is 14.1 Å². The number of aryl methyl sites for hydroxylation is 6. The van der Waals surface area contributed by atoms with E-state index in [4.69, 9.17) is 37.8 Å². The van der Waals surface area contributed by atoms with Crippen molar-refractivity contribution in [3.63, 3.8) is 0 Å². The second-order valence-corrected chi connectivity index (χ2v) is 15.3. The molecule has 13 heteroatoms. The number of halogens is 2. The normalized spacial score (nSPS) is 11.7. The van der Waals surface area contributed by atoms with Gasteiger partial charge in [0.1, 0.15) is 12.1 Å². The minimum atomic E-state index is 0.415. The number of rotatable bonds is 15. The second-order valence-electron chi connectivity index (χ2n) is 14.5. The van der Waals surface area contributed by atoms with Gasteiger partial charge in [-0.2, -0.15) is 10.2 Å². The average molecular weight is 796 g/mol. The predicted octanol–water partition coefficient (Wildman–Crippen LogP) is 8.96. The van der Waals surface area contributed by atoms with Crippen LogP contribution in [0, 0.1) is 34.6 Å². The SMILES string of the molecule is COCCn1cc(N(C=O)CCn2c(C)c(CCCOc3cc(C)c(Cl)c(C)c3)c3ccc(Cl)c(-c4c(C)nn(C)c4C)c32)c2cc(-c3ncn(C)n3)ccc21. The van der Waals surface area contributed by atoms with Gasteiger partial charge in [0, 0.05) is 90.9 Å². The number of hydrogen-bond acceptors (Lipinski definition) is 6. The third-order valence-electron chi connectivity index (χ3n) is 10.8. The number of aromatic nitrogens is 7. The van der Waals surface area contributed by atoms with E-state index in [0.29, 0.717) is 43.7 Å². The standard InChI is InChI=1S/C43H48Cl2N8O3/c1-26-20-32(21-27(2)41(26)45)56-18-9-10-33-29(4)53(42-34(33)12-13-36(44)40(42)39-28(3)47-50(7)30(39)5)16-15-52(25-54)38-23-51(17-19-55-8)37-14-11-31(22-35(37)38)43-46-24-49(6)48-43/h11-14,20-25H,9-10,15-19H2,1-8H3. The van der Waals surface area contributed by atoms with Gasteiger partial charge in [-0.25, -0.2) is 4.98 Å². The van der Waals surface area contributed by atoms with E-state index in [1.165, 1.54) is 5.56 Å². The molecule has 4 aromatic heterocycles. The minimum absolute atomic E-state index is 0.415. The zero-order valence-corrected chi connectivity index (χ0v) is 34.8. The molecule has 4 heterocycles. The summed E-state index contributed by atoms with van der Waals surface area (Å²) < 4.78 is 19.7. The van der Waals surface area contributed by atoms with Gasteiger partial charge in [0.15, 0.2) is 5.82 Å². The molecule has 0 aliphatic carbocycles. The summed E-state index contributed by atoms with van der Waals surface area (Å²) in [6.07, 6.45) is 6.24. The molecule has 0 unspecified atom stereocenters. The molecule has 0 aliphatic heterocycles. The number of benzene rings is 3. The van der Waals surface area contributed by atoms with Crippen molar-refractivity contribution in [2.75, 3.05) is 31.8 Å². The lowest BCUT2D eigenvalue weighted by Gasteiger charge is -2.20. The summed E-state index contributed by atoms with van der Waals surface area (Å²) in [5, 5.41) is 12.8. The van der Waals surface area contributed by atoms with Crippen LogP contribution in [0.15, 0.2) is 55.0 Å². The number of anilines is 1. The first-order valence-corrected chi connectivity index (χ1v) is 19.6. The van der Waals surface area contributed by atoms with Gasteiger partial charge >= 0.3 is 0 Å². The molecule has 0 atom stereocenters. The van der Waals surface area contributed by atoms with Crippen molar-refractivity contribution < 1.29 is 14.3 Å². The van der Waals surface area contributed by atoms with Crippen molar-refractivity contribution in [3.05, 3.63) is 98.8 Å². The van der Waals surface area contributed by atoms with Crippen LogP contribution >= 0.6 is 23.2 Å². The van der Waals surface area contributed by atoms with Crippen molar-refractivity contribution in [1.29, 1.82) is 0 Å². The van der Waals surface area contributed by atoms with Crippen LogP contribution in [-0.4, -0.2) is 67.0 Å². The van der Waals surface area contributed by atoms with E-state index < -0.39 is 0 Å². The van der Waals surface area contributed by atoms with E-state index in [1.54, 1.807) is 23.0 Å². The third-order valence-corrected chi connectivity index (χ3v) is 11.7. The van der Waals surface area contributed by atoms with Crippen molar-refractivity contribution in [1.82, 2.24) is 33.7 Å². The zero-order chi connectivity index (χ0) is 39.8. The molecule has 0 fully saturated rings. The van der Waals surface area contributed by atoms with E-state index >= 15 is 0 Å². The van der Waals surface area contributed by atoms with Crippen molar-refractivity contribution in [3.8, 4) is 28.3 Å². The molecular weight excluding hydrogens is 747 g/mol. The van der Waals surface area contributed by atoms with Gasteiger partial charge in [0.25, 0.3) is 0 Å². The fraction of sp³-hybridized carbons (Fsp3) is 0.349. The highest BCUT2D eigenvalue weighted by Gasteiger charge is 2.25. The van der Waals surface area contributed by atoms with Crippen LogP contribution in [0.5, 0.6) is 5.75 Å². The maximum absolute atomic E-state index is 13.1. The summed E-state index contributed by atoms with van der Waals surface area (Å²) in [6, 6.07) is 14.2. The number of methoxy groups -OCH3 is 1. The highest BCUT2D eigenvalue weighted by Crippen LogP contribution is 2.42. The Morgan fingerprint density at radius 2 is 1.64 bits per heavy atom. The maximum atomic E-state index is 13.1. The van der Waals surface area contributed by atoms with Gasteiger partial charge in [0.05, 0.1) is 40.7 Å². The lowest BCUT2D eigenvalue weighted by molar-refractivity contribution is -0.107. The minimum Gasteiger partial charge on any atom is -0.494 e. The lowest BCUT2D eigenvalue weighted by Crippen LogP contribution is -2.26. The smallest absolute Gasteiger partial charge is 0.214 e. The highest BCUT2D eigenvalue weighted by atomic mass is 35.5. The Balaban J connectivity index is 1.27. The van der Waals surface area contributed by atoms with E-state index in [-0.39, 0.29) is 0 Å². The van der Waals surface area contributed by atoms with E-state index in [2.05, 4.69) is 51.3 Å². The van der Waals surface area contributed by atoms with Crippen LogP contribution in [0.25, 0.3) is 44.3 Å². The average Bonchev–Trinajstić information content (AvgIpc) is 3.91. The second kappa shape index (κ2) is 16.2. The number of nitrogens with zero attached hydrogens (tertiary/aromatic N) is 8. The van der Waals surface area contributed by atoms with Crippen LogP contribution in [0.3, 0.4) is 0 Å². The molecule has 7 rings (SSSR count). The molecule has 0 saturated heterocycles. The maximum Gasteiger partial charge on any atom is 0.214 e. The molecule has 0 radical (unpaired) electrons. The third kappa shape index (κ3) is 7.31. The van der Waals surface area contributed by atoms with Gasteiger partial charge < -0.3 is 23.5 Å². The van der Waals surface area contributed by atoms with Gasteiger partial charge in [-0.1, -0.05) is 29.3 Å². The molecule has 0 aliphatic rings. The van der Waals surface area contributed by atoms with Crippen LogP contribution in [0.1, 0.15) is 40.2 Å². The summed E-state index contributed by atoms with van der Waals surface area (Å²) in [5.41, 5.74) is 12.0. The molecule has 56 heavy (non-hydrogen) atoms. The molecule has 0 saturated carbocycles. The monoisotopic (exact) mass is 794 g/mol. The number of ether oxygens (including phenoxy) is 2. The first-order valence-electron chi connectivity index (χ1n) is 18.8. The molecule has 292 valence electrons. The number of hydrogen-bond donors (Lipinski definition) is 0. The van der Waals surface area contributed by atoms with E-state index in [0.717, 1.165) is 102 Å². The topological polar surface area (TPSA) is 97.2 Å². The molecule has 1 amide bonds. The van der Waals surface area contributed by atoms with Crippen LogP contribution in [0.2, 0.25) is 10.0 Å². The van der Waals surface area contributed by atoms with Crippen LogP contribution in [0.4, 0.5) is 5.69 Å². The highest BCUT2D eigenvalue weighted by molar-refractivity contribution is 6.35. The van der Waals surface area contributed by atoms with Gasteiger partial charge in [-0.3, -0.25) is 14.2 Å². The summed E-state index contributed by atoms with van der Waals surface area (Å²) in [6.45, 7) is 12.9. The quantitative estimate of drug-likeness (QED) is 0.0760. The first kappa shape index (κ1) is 39.1. The summed E-state index contributed by atoms with van der Waals surface area (Å²) in [5.74, 6) is 1.44. The van der Waals surface area contributed by atoms with E-state index in [9.17, 15) is 4.79 Å². The Kier molecular flexibility index (Phi) is 11.3. The zero-order valence-electron chi connectivity index (χ0n) is 33.3. The van der Waals surface area contributed by atoms with E-state index in [1.807, 2.05) is 70.0 Å². The fourth-order valence-electron chi connectivity index (χ4n) is 7.94. The summed E-state index contributed by atoms with van der Waals surface area (Å²) in [7, 11) is 5.50. The summed E-state index contributed by atoms with van der Waals surface area (Å²) >= 11 is 13.6. The van der Waals surface area contributed by atoms with Crippen molar-refractivity contribution in [2.45, 2.75) is 60.5 Å². The Morgan fingerprint density at radius 3 is 2.30 bits per heavy atom. The van der Waals surface area contributed by atoms with Gasteiger partial charge in [0.2, 0.25) is 6.41 Å². The Morgan fingerprint density at radius 1 is 0.875 bits per heavy atom.